The average Bonchev–Trinajstić information content (AvgIpc) is 2.45. The lowest BCUT2D eigenvalue weighted by Gasteiger charge is -2.19. The second-order valence-corrected chi connectivity index (χ2v) is 7.10. The first kappa shape index (κ1) is 17.9. The summed E-state index contributed by atoms with van der Waals surface area (Å²) in [6.07, 6.45) is 0.706. The van der Waals surface area contributed by atoms with Crippen LogP contribution in [0.5, 0.6) is 0 Å². The van der Waals surface area contributed by atoms with Crippen LogP contribution in [0.15, 0.2) is 22.7 Å². The summed E-state index contributed by atoms with van der Waals surface area (Å²) in [6.45, 7) is 2.00. The maximum Gasteiger partial charge on any atom is 0.306 e. The SMILES string of the molecule is CCc1cc(Br)ccc1NS(=O)(=O)N(C)CCC(=O)OC. The van der Waals surface area contributed by atoms with Gasteiger partial charge in [-0.1, -0.05) is 22.9 Å². The summed E-state index contributed by atoms with van der Waals surface area (Å²) in [5.74, 6) is -0.449. The van der Waals surface area contributed by atoms with Gasteiger partial charge >= 0.3 is 16.2 Å². The van der Waals surface area contributed by atoms with Gasteiger partial charge in [-0.15, -0.1) is 0 Å². The molecule has 1 rings (SSSR count). The zero-order valence-corrected chi connectivity index (χ0v) is 14.6. The molecule has 0 atom stereocenters. The van der Waals surface area contributed by atoms with Gasteiger partial charge in [-0.3, -0.25) is 9.52 Å². The lowest BCUT2D eigenvalue weighted by Crippen LogP contribution is -2.34. The van der Waals surface area contributed by atoms with Crippen LogP contribution in [-0.2, 0) is 26.2 Å². The van der Waals surface area contributed by atoms with Crippen molar-refractivity contribution in [2.45, 2.75) is 19.8 Å². The summed E-state index contributed by atoms with van der Waals surface area (Å²) >= 11 is 3.36. The highest BCUT2D eigenvalue weighted by Crippen LogP contribution is 2.23. The molecule has 8 heteroatoms. The number of esters is 1. The van der Waals surface area contributed by atoms with Crippen LogP contribution in [0, 0.1) is 0 Å². The van der Waals surface area contributed by atoms with E-state index in [1.807, 2.05) is 13.0 Å². The van der Waals surface area contributed by atoms with Crippen LogP contribution in [-0.4, -0.2) is 39.4 Å². The Labute approximate surface area is 133 Å². The summed E-state index contributed by atoms with van der Waals surface area (Å²) < 4.78 is 33.4. The van der Waals surface area contributed by atoms with Gasteiger partial charge in [0.05, 0.1) is 19.2 Å². The molecule has 0 aliphatic rings. The molecule has 0 aromatic heterocycles. The van der Waals surface area contributed by atoms with Gasteiger partial charge in [-0.05, 0) is 30.2 Å². The van der Waals surface area contributed by atoms with E-state index >= 15 is 0 Å². The monoisotopic (exact) mass is 378 g/mol. The van der Waals surface area contributed by atoms with Crippen LogP contribution in [0.2, 0.25) is 0 Å². The Hall–Kier alpha value is -1.12. The van der Waals surface area contributed by atoms with Crippen molar-refractivity contribution in [1.82, 2.24) is 4.31 Å². The maximum absolute atomic E-state index is 12.2. The standard InChI is InChI=1S/C13H19BrN2O4S/c1-4-10-9-11(14)5-6-12(10)15-21(18,19)16(2)8-7-13(17)20-3/h5-6,9,15H,4,7-8H2,1-3H3. The third-order valence-corrected chi connectivity index (χ3v) is 4.93. The summed E-state index contributed by atoms with van der Waals surface area (Å²) in [4.78, 5) is 11.1. The highest BCUT2D eigenvalue weighted by atomic mass is 79.9. The van der Waals surface area contributed by atoms with E-state index in [2.05, 4.69) is 25.4 Å². The van der Waals surface area contributed by atoms with Gasteiger partial charge in [0.15, 0.2) is 0 Å². The van der Waals surface area contributed by atoms with Gasteiger partial charge in [-0.25, -0.2) is 0 Å². The molecule has 0 aliphatic heterocycles. The number of rotatable bonds is 7. The number of benzene rings is 1. The fraction of sp³-hybridized carbons (Fsp3) is 0.462. The molecule has 21 heavy (non-hydrogen) atoms. The van der Waals surface area contributed by atoms with Crippen LogP contribution in [0.1, 0.15) is 18.9 Å². The third kappa shape index (κ3) is 5.29. The third-order valence-electron chi connectivity index (χ3n) is 2.96. The molecule has 0 unspecified atom stereocenters. The molecular weight excluding hydrogens is 360 g/mol. The molecule has 0 bridgehead atoms. The van der Waals surface area contributed by atoms with E-state index in [1.54, 1.807) is 12.1 Å². The molecule has 1 aromatic rings. The number of nitrogens with zero attached hydrogens (tertiary/aromatic N) is 1. The fourth-order valence-corrected chi connectivity index (χ4v) is 3.02. The summed E-state index contributed by atoms with van der Waals surface area (Å²) in [5.41, 5.74) is 1.42. The minimum absolute atomic E-state index is 0.00881. The number of carbonyl (C=O) groups is 1. The van der Waals surface area contributed by atoms with Crippen LogP contribution in [0.3, 0.4) is 0 Å². The van der Waals surface area contributed by atoms with Crippen LogP contribution >= 0.6 is 15.9 Å². The second-order valence-electron chi connectivity index (χ2n) is 4.41. The molecule has 0 aliphatic carbocycles. The van der Waals surface area contributed by atoms with E-state index in [0.717, 1.165) is 14.3 Å². The lowest BCUT2D eigenvalue weighted by molar-refractivity contribution is -0.140. The van der Waals surface area contributed by atoms with Gasteiger partial charge < -0.3 is 4.74 Å². The van der Waals surface area contributed by atoms with Crippen molar-refractivity contribution in [2.75, 3.05) is 25.4 Å². The number of carbonyl (C=O) groups excluding carboxylic acids is 1. The minimum Gasteiger partial charge on any atom is -0.469 e. The van der Waals surface area contributed by atoms with E-state index in [4.69, 9.17) is 0 Å². The number of nitrogens with one attached hydrogen (secondary N) is 1. The first-order valence-corrected chi connectivity index (χ1v) is 8.62. The quantitative estimate of drug-likeness (QED) is 0.737. The number of aryl methyl sites for hydroxylation is 1. The predicted octanol–water partition coefficient (Wildman–Crippen LogP) is 2.16. The number of methoxy groups -OCH3 is 1. The molecule has 1 N–H and O–H groups in total. The van der Waals surface area contributed by atoms with Crippen molar-refractivity contribution in [3.05, 3.63) is 28.2 Å². The largest absolute Gasteiger partial charge is 0.469 e. The molecule has 0 spiro atoms. The van der Waals surface area contributed by atoms with Gasteiger partial charge in [0, 0.05) is 18.1 Å². The number of hydrogen-bond acceptors (Lipinski definition) is 4. The average molecular weight is 379 g/mol. The normalized spacial score (nSPS) is 11.5. The van der Waals surface area contributed by atoms with Crippen molar-refractivity contribution in [1.29, 1.82) is 0 Å². The summed E-state index contributed by atoms with van der Waals surface area (Å²) in [7, 11) is -1.02. The number of hydrogen-bond donors (Lipinski definition) is 1. The Morgan fingerprint density at radius 1 is 1.43 bits per heavy atom. The lowest BCUT2D eigenvalue weighted by atomic mass is 10.1. The zero-order valence-electron chi connectivity index (χ0n) is 12.2. The highest BCUT2D eigenvalue weighted by Gasteiger charge is 2.19. The molecule has 118 valence electrons. The topological polar surface area (TPSA) is 75.7 Å². The van der Waals surface area contributed by atoms with Crippen LogP contribution in [0.4, 0.5) is 5.69 Å². The van der Waals surface area contributed by atoms with E-state index in [0.29, 0.717) is 12.1 Å². The maximum atomic E-state index is 12.2. The Balaban J connectivity index is 2.82. The number of ether oxygens (including phenoxy) is 1. The Bertz CT molecular complexity index is 604. The Kier molecular flexibility index (Phi) is 6.63. The first-order valence-electron chi connectivity index (χ1n) is 6.39. The van der Waals surface area contributed by atoms with Crippen LogP contribution in [0.25, 0.3) is 0 Å². The first-order chi connectivity index (χ1) is 9.80. The van der Waals surface area contributed by atoms with Gasteiger partial charge in [-0.2, -0.15) is 12.7 Å². The molecule has 0 fully saturated rings. The highest BCUT2D eigenvalue weighted by molar-refractivity contribution is 9.10. The van der Waals surface area contributed by atoms with Crippen molar-refractivity contribution in [3.63, 3.8) is 0 Å². The predicted molar refractivity (Wildman–Crippen MR) is 85.3 cm³/mol. The molecule has 6 nitrogen and oxygen atoms in total. The molecule has 0 heterocycles. The number of halogens is 1. The summed E-state index contributed by atoms with van der Waals surface area (Å²) in [6, 6.07) is 5.34. The van der Waals surface area contributed by atoms with Crippen molar-refractivity contribution >= 4 is 37.8 Å². The van der Waals surface area contributed by atoms with E-state index in [1.165, 1.54) is 14.2 Å². The van der Waals surface area contributed by atoms with Gasteiger partial charge in [0.1, 0.15) is 0 Å². The molecule has 0 amide bonds. The smallest absolute Gasteiger partial charge is 0.306 e. The van der Waals surface area contributed by atoms with E-state index in [9.17, 15) is 13.2 Å². The Morgan fingerprint density at radius 3 is 2.67 bits per heavy atom. The molecule has 1 aromatic carbocycles. The molecular formula is C13H19BrN2O4S. The van der Waals surface area contributed by atoms with Crippen molar-refractivity contribution in [2.24, 2.45) is 0 Å². The fourth-order valence-electron chi connectivity index (χ4n) is 1.64. The zero-order chi connectivity index (χ0) is 16.0. The molecule has 0 saturated heterocycles. The van der Waals surface area contributed by atoms with Gasteiger partial charge in [0.2, 0.25) is 0 Å². The molecule has 0 saturated carbocycles. The Morgan fingerprint density at radius 2 is 2.10 bits per heavy atom. The van der Waals surface area contributed by atoms with Gasteiger partial charge in [0.25, 0.3) is 0 Å². The number of anilines is 1. The van der Waals surface area contributed by atoms with E-state index in [-0.39, 0.29) is 13.0 Å². The second kappa shape index (κ2) is 7.77. The minimum atomic E-state index is -3.70. The van der Waals surface area contributed by atoms with E-state index < -0.39 is 16.2 Å². The molecule has 0 radical (unpaired) electrons. The van der Waals surface area contributed by atoms with Crippen molar-refractivity contribution in [3.8, 4) is 0 Å². The summed E-state index contributed by atoms with van der Waals surface area (Å²) in [5, 5.41) is 0. The van der Waals surface area contributed by atoms with Crippen molar-refractivity contribution < 1.29 is 17.9 Å². The van der Waals surface area contributed by atoms with Crippen LogP contribution < -0.4 is 4.72 Å².